The van der Waals surface area contributed by atoms with Gasteiger partial charge in [-0.15, -0.1) is 5.10 Å². The summed E-state index contributed by atoms with van der Waals surface area (Å²) in [6.45, 7) is 7.95. The summed E-state index contributed by atoms with van der Waals surface area (Å²) < 4.78 is 7.55. The molecule has 1 aliphatic heterocycles. The number of hydrogen-bond donors (Lipinski definition) is 0. The zero-order chi connectivity index (χ0) is 17.3. The van der Waals surface area contributed by atoms with Gasteiger partial charge in [0.15, 0.2) is 5.82 Å². The van der Waals surface area contributed by atoms with E-state index >= 15 is 0 Å². The molecule has 2 aliphatic rings. The van der Waals surface area contributed by atoms with Crippen LogP contribution in [0.15, 0.2) is 24.3 Å². The van der Waals surface area contributed by atoms with E-state index in [9.17, 15) is 0 Å². The molecule has 2 heterocycles. The summed E-state index contributed by atoms with van der Waals surface area (Å²) in [7, 11) is 0. The molecule has 1 aliphatic carbocycles. The number of hydrogen-bond acceptors (Lipinski definition) is 5. The molecule has 0 amide bonds. The lowest BCUT2D eigenvalue weighted by Crippen LogP contribution is -2.54. The third-order valence-electron chi connectivity index (χ3n) is 5.88. The number of benzene rings is 1. The van der Waals surface area contributed by atoms with Crippen molar-refractivity contribution in [3.63, 3.8) is 0 Å². The molecule has 0 bridgehead atoms. The van der Waals surface area contributed by atoms with Gasteiger partial charge >= 0.3 is 0 Å². The summed E-state index contributed by atoms with van der Waals surface area (Å²) in [4.78, 5) is 2.57. The highest BCUT2D eigenvalue weighted by atomic mass is 16.5. The maximum atomic E-state index is 5.60. The van der Waals surface area contributed by atoms with Gasteiger partial charge in [-0.2, -0.15) is 4.68 Å². The van der Waals surface area contributed by atoms with Gasteiger partial charge in [0, 0.05) is 13.1 Å². The van der Waals surface area contributed by atoms with Crippen LogP contribution in [0.2, 0.25) is 0 Å². The first-order valence-electron chi connectivity index (χ1n) is 9.38. The molecule has 0 atom stereocenters. The first kappa shape index (κ1) is 16.7. The van der Waals surface area contributed by atoms with Crippen molar-refractivity contribution in [3.05, 3.63) is 35.7 Å². The predicted molar refractivity (Wildman–Crippen MR) is 95.6 cm³/mol. The van der Waals surface area contributed by atoms with E-state index in [1.807, 2.05) is 4.68 Å². The molecular weight excluding hydrogens is 314 g/mol. The highest BCUT2D eigenvalue weighted by molar-refractivity contribution is 5.35. The summed E-state index contributed by atoms with van der Waals surface area (Å²) in [5.74, 6) is 1.77. The molecule has 0 N–H and O–H groups in total. The lowest BCUT2D eigenvalue weighted by molar-refractivity contribution is -0.0499. The van der Waals surface area contributed by atoms with E-state index in [4.69, 9.17) is 4.74 Å². The molecule has 0 spiro atoms. The van der Waals surface area contributed by atoms with E-state index in [2.05, 4.69) is 58.5 Å². The Morgan fingerprint density at radius 1 is 1.08 bits per heavy atom. The van der Waals surface area contributed by atoms with Crippen molar-refractivity contribution in [2.24, 2.45) is 5.92 Å². The molecule has 4 rings (SSSR count). The average Bonchev–Trinajstić information content (AvgIpc) is 3.14. The van der Waals surface area contributed by atoms with Crippen molar-refractivity contribution in [2.75, 3.05) is 26.3 Å². The van der Waals surface area contributed by atoms with Gasteiger partial charge in [-0.05, 0) is 61.1 Å². The van der Waals surface area contributed by atoms with Gasteiger partial charge < -0.3 is 4.74 Å². The topological polar surface area (TPSA) is 56.1 Å². The van der Waals surface area contributed by atoms with Crippen molar-refractivity contribution in [1.82, 2.24) is 25.1 Å². The zero-order valence-corrected chi connectivity index (χ0v) is 15.2. The summed E-state index contributed by atoms with van der Waals surface area (Å²) in [6.07, 6.45) is 4.66. The number of morpholine rings is 1. The smallest absolute Gasteiger partial charge is 0.176 e. The Labute approximate surface area is 149 Å². The Morgan fingerprint density at radius 3 is 2.44 bits per heavy atom. The van der Waals surface area contributed by atoms with Crippen LogP contribution in [0.4, 0.5) is 0 Å². The molecule has 1 aromatic carbocycles. The van der Waals surface area contributed by atoms with Gasteiger partial charge in [-0.3, -0.25) is 4.90 Å². The fourth-order valence-corrected chi connectivity index (χ4v) is 4.25. The molecule has 1 aromatic heterocycles. The van der Waals surface area contributed by atoms with Crippen molar-refractivity contribution in [2.45, 2.75) is 45.1 Å². The second-order valence-electron chi connectivity index (χ2n) is 7.56. The largest absolute Gasteiger partial charge is 0.379 e. The van der Waals surface area contributed by atoms with Gasteiger partial charge in [0.25, 0.3) is 0 Å². The van der Waals surface area contributed by atoms with E-state index in [1.165, 1.54) is 18.4 Å². The molecule has 1 saturated carbocycles. The molecule has 6 nitrogen and oxygen atoms in total. The first-order valence-corrected chi connectivity index (χ1v) is 9.38. The van der Waals surface area contributed by atoms with Gasteiger partial charge in [-0.25, -0.2) is 0 Å². The van der Waals surface area contributed by atoms with Crippen molar-refractivity contribution >= 4 is 0 Å². The fraction of sp³-hybridized carbons (Fsp3) is 0.632. The number of aromatic nitrogens is 4. The minimum Gasteiger partial charge on any atom is -0.379 e. The Hall–Kier alpha value is -1.79. The maximum absolute atomic E-state index is 5.60. The monoisotopic (exact) mass is 341 g/mol. The lowest BCUT2D eigenvalue weighted by Gasteiger charge is -2.47. The van der Waals surface area contributed by atoms with E-state index in [1.54, 1.807) is 0 Å². The van der Waals surface area contributed by atoms with Crippen LogP contribution in [0.25, 0.3) is 5.69 Å². The zero-order valence-electron chi connectivity index (χ0n) is 15.2. The highest BCUT2D eigenvalue weighted by Crippen LogP contribution is 2.43. The minimum absolute atomic E-state index is 0.0787. The molecule has 2 fully saturated rings. The fourth-order valence-electron chi connectivity index (χ4n) is 4.25. The Morgan fingerprint density at radius 2 is 1.76 bits per heavy atom. The standard InChI is InChI=1S/C19H27N5O/c1-15-3-5-17(6-4-15)24-18(20-21-22-24)19(9-7-16(2)8-10-19)23-11-13-25-14-12-23/h3-6,16H,7-14H2,1-2H3. The number of nitrogens with zero attached hydrogens (tertiary/aromatic N) is 5. The average molecular weight is 341 g/mol. The predicted octanol–water partition coefficient (Wildman–Crippen LogP) is 2.71. The van der Waals surface area contributed by atoms with Crippen LogP contribution >= 0.6 is 0 Å². The highest BCUT2D eigenvalue weighted by Gasteiger charge is 2.45. The quantitative estimate of drug-likeness (QED) is 0.859. The van der Waals surface area contributed by atoms with Crippen molar-refractivity contribution < 1.29 is 4.74 Å². The van der Waals surface area contributed by atoms with Gasteiger partial charge in [0.2, 0.25) is 0 Å². The molecule has 0 radical (unpaired) electrons. The van der Waals surface area contributed by atoms with Crippen LogP contribution < -0.4 is 0 Å². The second kappa shape index (κ2) is 6.84. The maximum Gasteiger partial charge on any atom is 0.176 e. The van der Waals surface area contributed by atoms with E-state index < -0.39 is 0 Å². The summed E-state index contributed by atoms with van der Waals surface area (Å²) in [5.41, 5.74) is 2.20. The van der Waals surface area contributed by atoms with E-state index in [-0.39, 0.29) is 5.54 Å². The van der Waals surface area contributed by atoms with E-state index in [0.29, 0.717) is 0 Å². The summed E-state index contributed by atoms with van der Waals surface area (Å²) in [5, 5.41) is 12.9. The molecule has 134 valence electrons. The normalized spacial score (nSPS) is 28.2. The van der Waals surface area contributed by atoms with Crippen LogP contribution in [0.1, 0.15) is 44.0 Å². The third kappa shape index (κ3) is 3.09. The first-order chi connectivity index (χ1) is 12.2. The van der Waals surface area contributed by atoms with Crippen LogP contribution in [0.3, 0.4) is 0 Å². The summed E-state index contributed by atoms with van der Waals surface area (Å²) >= 11 is 0. The number of rotatable bonds is 3. The Balaban J connectivity index is 1.75. The van der Waals surface area contributed by atoms with Crippen LogP contribution in [0.5, 0.6) is 0 Å². The number of tetrazole rings is 1. The lowest BCUT2D eigenvalue weighted by atomic mass is 9.75. The molecule has 1 saturated heterocycles. The molecule has 0 unspecified atom stereocenters. The van der Waals surface area contributed by atoms with Gasteiger partial charge in [-0.1, -0.05) is 24.6 Å². The molecule has 25 heavy (non-hydrogen) atoms. The summed E-state index contributed by atoms with van der Waals surface area (Å²) in [6, 6.07) is 8.44. The molecular formula is C19H27N5O. The Bertz CT molecular complexity index is 697. The van der Waals surface area contributed by atoms with Crippen LogP contribution in [0, 0.1) is 12.8 Å². The Kier molecular flexibility index (Phi) is 4.56. The number of aryl methyl sites for hydroxylation is 1. The SMILES string of the molecule is Cc1ccc(-n2nnnc2C2(N3CCOCC3)CCC(C)CC2)cc1. The third-order valence-corrected chi connectivity index (χ3v) is 5.88. The van der Waals surface area contributed by atoms with E-state index in [0.717, 1.165) is 56.6 Å². The minimum atomic E-state index is -0.0787. The molecule has 2 aromatic rings. The van der Waals surface area contributed by atoms with Crippen LogP contribution in [-0.2, 0) is 10.3 Å². The van der Waals surface area contributed by atoms with Crippen LogP contribution in [-0.4, -0.2) is 51.4 Å². The number of ether oxygens (including phenoxy) is 1. The molecule has 6 heteroatoms. The van der Waals surface area contributed by atoms with Crippen molar-refractivity contribution in [1.29, 1.82) is 0 Å². The second-order valence-corrected chi connectivity index (χ2v) is 7.56. The van der Waals surface area contributed by atoms with Gasteiger partial charge in [0.05, 0.1) is 24.4 Å². The van der Waals surface area contributed by atoms with Gasteiger partial charge in [0.1, 0.15) is 0 Å². The van der Waals surface area contributed by atoms with Crippen molar-refractivity contribution in [3.8, 4) is 5.69 Å².